The van der Waals surface area contributed by atoms with E-state index in [1.807, 2.05) is 0 Å². The Hall–Kier alpha value is -2.50. The van der Waals surface area contributed by atoms with Crippen molar-refractivity contribution in [3.63, 3.8) is 0 Å². The second-order valence-corrected chi connectivity index (χ2v) is 3.82. The zero-order chi connectivity index (χ0) is 14.5. The fourth-order valence-electron chi connectivity index (χ4n) is 1.64. The van der Waals surface area contributed by atoms with Crippen LogP contribution >= 0.6 is 0 Å². The van der Waals surface area contributed by atoms with Crippen LogP contribution in [0.15, 0.2) is 42.6 Å². The minimum absolute atomic E-state index is 0.140. The third-order valence-electron chi connectivity index (χ3n) is 2.50. The number of rotatable bonds is 5. The standard InChI is InChI=1S/C14H11F2NO3/c1-19-10-6-9(7-11(8-10)20-14(15)16)13(18)12-4-2-3-5-17-12/h2-8,14H,1H3. The maximum atomic E-state index is 12.3. The van der Waals surface area contributed by atoms with E-state index in [0.29, 0.717) is 0 Å². The Labute approximate surface area is 114 Å². The topological polar surface area (TPSA) is 48.4 Å². The van der Waals surface area contributed by atoms with Gasteiger partial charge in [-0.1, -0.05) is 6.07 Å². The van der Waals surface area contributed by atoms with Gasteiger partial charge in [-0.15, -0.1) is 0 Å². The summed E-state index contributed by atoms with van der Waals surface area (Å²) in [5.41, 5.74) is 0.377. The molecule has 1 aromatic carbocycles. The average Bonchev–Trinajstić information content (AvgIpc) is 2.46. The number of carbonyl (C=O) groups is 1. The molecule has 0 saturated heterocycles. The number of ketones is 1. The van der Waals surface area contributed by atoms with Crippen molar-refractivity contribution in [2.75, 3.05) is 7.11 Å². The van der Waals surface area contributed by atoms with Crippen molar-refractivity contribution in [3.8, 4) is 11.5 Å². The first-order valence-corrected chi connectivity index (χ1v) is 5.70. The minimum atomic E-state index is -2.97. The summed E-state index contributed by atoms with van der Waals surface area (Å²) in [4.78, 5) is 16.1. The quantitative estimate of drug-likeness (QED) is 0.790. The Kier molecular flexibility index (Phi) is 4.24. The number of methoxy groups -OCH3 is 1. The number of nitrogens with zero attached hydrogens (tertiary/aromatic N) is 1. The van der Waals surface area contributed by atoms with E-state index >= 15 is 0 Å². The Morgan fingerprint density at radius 2 is 1.95 bits per heavy atom. The summed E-state index contributed by atoms with van der Waals surface area (Å²) in [5.74, 6) is -0.287. The molecule has 0 fully saturated rings. The van der Waals surface area contributed by atoms with E-state index in [-0.39, 0.29) is 22.8 Å². The zero-order valence-corrected chi connectivity index (χ0v) is 10.5. The third-order valence-corrected chi connectivity index (χ3v) is 2.50. The number of hydrogen-bond acceptors (Lipinski definition) is 4. The number of alkyl halides is 2. The van der Waals surface area contributed by atoms with E-state index in [9.17, 15) is 13.6 Å². The van der Waals surface area contributed by atoms with Crippen molar-refractivity contribution in [1.29, 1.82) is 0 Å². The molecule has 0 aliphatic heterocycles. The van der Waals surface area contributed by atoms with Crippen LogP contribution in [0.25, 0.3) is 0 Å². The van der Waals surface area contributed by atoms with Crippen molar-refractivity contribution in [2.45, 2.75) is 6.61 Å². The predicted octanol–water partition coefficient (Wildman–Crippen LogP) is 2.92. The molecule has 0 N–H and O–H groups in total. The van der Waals surface area contributed by atoms with Gasteiger partial charge in [0.2, 0.25) is 5.78 Å². The van der Waals surface area contributed by atoms with Gasteiger partial charge < -0.3 is 9.47 Å². The lowest BCUT2D eigenvalue weighted by Gasteiger charge is -2.09. The lowest BCUT2D eigenvalue weighted by atomic mass is 10.1. The molecule has 0 amide bonds. The van der Waals surface area contributed by atoms with Gasteiger partial charge >= 0.3 is 6.61 Å². The predicted molar refractivity (Wildman–Crippen MR) is 67.3 cm³/mol. The number of benzene rings is 1. The van der Waals surface area contributed by atoms with Crippen LogP contribution in [0, 0.1) is 0 Å². The number of pyridine rings is 1. The fourth-order valence-corrected chi connectivity index (χ4v) is 1.64. The van der Waals surface area contributed by atoms with E-state index < -0.39 is 12.4 Å². The maximum absolute atomic E-state index is 12.3. The summed E-state index contributed by atoms with van der Waals surface area (Å²) >= 11 is 0. The summed E-state index contributed by atoms with van der Waals surface area (Å²) < 4.78 is 33.8. The Morgan fingerprint density at radius 3 is 2.55 bits per heavy atom. The Balaban J connectivity index is 2.38. The van der Waals surface area contributed by atoms with Gasteiger partial charge in [0.15, 0.2) is 0 Å². The molecule has 6 heteroatoms. The van der Waals surface area contributed by atoms with E-state index in [0.717, 1.165) is 0 Å². The molecular weight excluding hydrogens is 268 g/mol. The smallest absolute Gasteiger partial charge is 0.387 e. The molecule has 0 radical (unpaired) electrons. The average molecular weight is 279 g/mol. The molecule has 20 heavy (non-hydrogen) atoms. The van der Waals surface area contributed by atoms with Gasteiger partial charge in [-0.05, 0) is 24.3 Å². The summed E-state index contributed by atoms with van der Waals surface area (Å²) in [6, 6.07) is 8.82. The molecule has 0 saturated carbocycles. The van der Waals surface area contributed by atoms with Gasteiger partial charge in [-0.3, -0.25) is 9.78 Å². The maximum Gasteiger partial charge on any atom is 0.387 e. The van der Waals surface area contributed by atoms with Crippen LogP contribution in [0.3, 0.4) is 0 Å². The summed E-state index contributed by atoms with van der Waals surface area (Å²) in [6.45, 7) is -2.97. The third kappa shape index (κ3) is 3.28. The monoisotopic (exact) mass is 279 g/mol. The zero-order valence-electron chi connectivity index (χ0n) is 10.5. The van der Waals surface area contributed by atoms with Crippen LogP contribution in [0.5, 0.6) is 11.5 Å². The number of halogens is 2. The summed E-state index contributed by atoms with van der Waals surface area (Å²) in [6.07, 6.45) is 1.48. The molecular formula is C14H11F2NO3. The van der Waals surface area contributed by atoms with Gasteiger partial charge in [0.05, 0.1) is 7.11 Å². The second-order valence-electron chi connectivity index (χ2n) is 3.82. The number of hydrogen-bond donors (Lipinski definition) is 0. The van der Waals surface area contributed by atoms with Crippen molar-refractivity contribution in [2.24, 2.45) is 0 Å². The Bertz CT molecular complexity index is 603. The fraction of sp³-hybridized carbons (Fsp3) is 0.143. The van der Waals surface area contributed by atoms with Crippen LogP contribution in [-0.4, -0.2) is 24.5 Å². The first-order valence-electron chi connectivity index (χ1n) is 5.70. The first-order chi connectivity index (χ1) is 9.60. The summed E-state index contributed by atoms with van der Waals surface area (Å²) in [5, 5.41) is 0. The van der Waals surface area contributed by atoms with E-state index in [1.54, 1.807) is 12.1 Å². The SMILES string of the molecule is COc1cc(OC(F)F)cc(C(=O)c2ccccn2)c1. The molecule has 4 nitrogen and oxygen atoms in total. The van der Waals surface area contributed by atoms with Crippen molar-refractivity contribution < 1.29 is 23.0 Å². The van der Waals surface area contributed by atoms with E-state index in [2.05, 4.69) is 9.72 Å². The molecule has 1 heterocycles. The minimum Gasteiger partial charge on any atom is -0.497 e. The van der Waals surface area contributed by atoms with Crippen molar-refractivity contribution in [3.05, 3.63) is 53.9 Å². The molecule has 0 unspecified atom stereocenters. The van der Waals surface area contributed by atoms with Crippen LogP contribution in [0.2, 0.25) is 0 Å². The molecule has 0 atom stereocenters. The van der Waals surface area contributed by atoms with Gasteiger partial charge in [-0.25, -0.2) is 0 Å². The second kappa shape index (κ2) is 6.10. The van der Waals surface area contributed by atoms with E-state index in [1.165, 1.54) is 37.6 Å². The number of aromatic nitrogens is 1. The number of carbonyl (C=O) groups excluding carboxylic acids is 1. The van der Waals surface area contributed by atoms with Gasteiger partial charge in [0.25, 0.3) is 0 Å². The normalized spacial score (nSPS) is 10.4. The lowest BCUT2D eigenvalue weighted by Crippen LogP contribution is -2.07. The molecule has 2 rings (SSSR count). The Morgan fingerprint density at radius 1 is 1.20 bits per heavy atom. The van der Waals surface area contributed by atoms with Crippen LogP contribution < -0.4 is 9.47 Å². The highest BCUT2D eigenvalue weighted by Crippen LogP contribution is 2.25. The van der Waals surface area contributed by atoms with Crippen LogP contribution in [-0.2, 0) is 0 Å². The van der Waals surface area contributed by atoms with E-state index in [4.69, 9.17) is 4.74 Å². The van der Waals surface area contributed by atoms with Crippen molar-refractivity contribution >= 4 is 5.78 Å². The molecule has 0 spiro atoms. The van der Waals surface area contributed by atoms with Gasteiger partial charge in [0.1, 0.15) is 17.2 Å². The first kappa shape index (κ1) is 13.9. The molecule has 104 valence electrons. The number of ether oxygens (including phenoxy) is 2. The lowest BCUT2D eigenvalue weighted by molar-refractivity contribution is -0.0499. The van der Waals surface area contributed by atoms with Gasteiger partial charge in [-0.2, -0.15) is 8.78 Å². The summed E-state index contributed by atoms with van der Waals surface area (Å²) in [7, 11) is 1.37. The van der Waals surface area contributed by atoms with Crippen LogP contribution in [0.4, 0.5) is 8.78 Å². The molecule has 1 aromatic heterocycles. The molecule has 2 aromatic rings. The van der Waals surface area contributed by atoms with Gasteiger partial charge in [0, 0.05) is 17.8 Å². The highest BCUT2D eigenvalue weighted by Gasteiger charge is 2.14. The largest absolute Gasteiger partial charge is 0.497 e. The van der Waals surface area contributed by atoms with Crippen molar-refractivity contribution in [1.82, 2.24) is 4.98 Å². The molecule has 0 aliphatic carbocycles. The van der Waals surface area contributed by atoms with Crippen LogP contribution in [0.1, 0.15) is 16.1 Å². The highest BCUT2D eigenvalue weighted by atomic mass is 19.3. The molecule has 0 aliphatic rings. The highest BCUT2D eigenvalue weighted by molar-refractivity contribution is 6.08. The molecule has 0 bridgehead atoms.